The van der Waals surface area contributed by atoms with Gasteiger partial charge in [-0.3, -0.25) is 0 Å². The van der Waals surface area contributed by atoms with Crippen molar-refractivity contribution in [3.05, 3.63) is 41.8 Å². The highest BCUT2D eigenvalue weighted by atomic mass is 35.5. The average Bonchev–Trinajstić information content (AvgIpc) is 2.77. The molecular weight excluding hydrogens is 250 g/mol. The standard InChI is InChI=1S/C12H10ClN5/c13-12-17-10-9(4-5-15-10)11(18-12)16-8-3-1-2-7(14)6-8/h1-6H,14H2,(H2,15,16,17,18). The maximum atomic E-state index is 5.87. The summed E-state index contributed by atoms with van der Waals surface area (Å²) in [5, 5.41) is 4.25. The van der Waals surface area contributed by atoms with E-state index in [0.717, 1.165) is 11.1 Å². The SMILES string of the molecule is Nc1cccc(Nc2nc(Cl)nc3[nH]ccc23)c1. The molecule has 4 N–H and O–H groups in total. The molecule has 0 saturated carbocycles. The minimum absolute atomic E-state index is 0.191. The molecule has 0 spiro atoms. The predicted octanol–water partition coefficient (Wildman–Crippen LogP) is 2.94. The number of hydrogen-bond acceptors (Lipinski definition) is 4. The van der Waals surface area contributed by atoms with Crippen LogP contribution in [0, 0.1) is 0 Å². The Kier molecular flexibility index (Phi) is 2.53. The normalized spacial score (nSPS) is 10.7. The fraction of sp³-hybridized carbons (Fsp3) is 0. The minimum atomic E-state index is 0.191. The fourth-order valence-electron chi connectivity index (χ4n) is 1.76. The van der Waals surface area contributed by atoms with Gasteiger partial charge in [-0.2, -0.15) is 9.97 Å². The minimum Gasteiger partial charge on any atom is -0.399 e. The number of H-pyrrole nitrogens is 1. The molecule has 6 heteroatoms. The van der Waals surface area contributed by atoms with Crippen molar-refractivity contribution >= 4 is 39.8 Å². The van der Waals surface area contributed by atoms with Gasteiger partial charge in [-0.1, -0.05) is 6.07 Å². The van der Waals surface area contributed by atoms with Gasteiger partial charge in [0.05, 0.1) is 5.39 Å². The van der Waals surface area contributed by atoms with Crippen molar-refractivity contribution in [3.8, 4) is 0 Å². The fourth-order valence-corrected chi connectivity index (χ4v) is 1.93. The Hall–Kier alpha value is -2.27. The summed E-state index contributed by atoms with van der Waals surface area (Å²) in [6.45, 7) is 0. The Balaban J connectivity index is 2.06. The lowest BCUT2D eigenvalue weighted by Gasteiger charge is -2.07. The lowest BCUT2D eigenvalue weighted by molar-refractivity contribution is 1.20. The van der Waals surface area contributed by atoms with Gasteiger partial charge in [0.25, 0.3) is 0 Å². The highest BCUT2D eigenvalue weighted by Crippen LogP contribution is 2.25. The number of fused-ring (bicyclic) bond motifs is 1. The van der Waals surface area contributed by atoms with Gasteiger partial charge in [0, 0.05) is 17.6 Å². The number of aromatic nitrogens is 3. The first-order chi connectivity index (χ1) is 8.72. The van der Waals surface area contributed by atoms with E-state index in [1.165, 1.54) is 0 Å². The van der Waals surface area contributed by atoms with Crippen molar-refractivity contribution in [3.63, 3.8) is 0 Å². The molecule has 18 heavy (non-hydrogen) atoms. The molecule has 2 heterocycles. The molecule has 0 aliphatic carbocycles. The van der Waals surface area contributed by atoms with Gasteiger partial charge in [-0.15, -0.1) is 0 Å². The number of hydrogen-bond donors (Lipinski definition) is 3. The number of anilines is 3. The molecule has 3 rings (SSSR count). The Labute approximate surface area is 108 Å². The number of halogens is 1. The van der Waals surface area contributed by atoms with Crippen molar-refractivity contribution in [2.75, 3.05) is 11.1 Å². The van der Waals surface area contributed by atoms with Crippen LogP contribution in [0.5, 0.6) is 0 Å². The molecular formula is C12H10ClN5. The number of aromatic amines is 1. The van der Waals surface area contributed by atoms with E-state index in [1.54, 1.807) is 6.20 Å². The van der Waals surface area contributed by atoms with Crippen molar-refractivity contribution in [1.29, 1.82) is 0 Å². The van der Waals surface area contributed by atoms with Gasteiger partial charge < -0.3 is 16.0 Å². The van der Waals surface area contributed by atoms with Gasteiger partial charge in [0.15, 0.2) is 0 Å². The molecule has 5 nitrogen and oxygen atoms in total. The highest BCUT2D eigenvalue weighted by Gasteiger charge is 2.07. The van der Waals surface area contributed by atoms with Gasteiger partial charge in [0.1, 0.15) is 11.5 Å². The third kappa shape index (κ3) is 1.96. The summed E-state index contributed by atoms with van der Waals surface area (Å²) in [6, 6.07) is 9.32. The van der Waals surface area contributed by atoms with E-state index in [0.29, 0.717) is 17.2 Å². The molecule has 0 fully saturated rings. The van der Waals surface area contributed by atoms with Crippen LogP contribution in [0.2, 0.25) is 5.28 Å². The lowest BCUT2D eigenvalue weighted by Crippen LogP contribution is -1.97. The molecule has 2 aromatic heterocycles. The molecule has 1 aromatic carbocycles. The summed E-state index contributed by atoms with van der Waals surface area (Å²) in [6.07, 6.45) is 1.79. The zero-order valence-electron chi connectivity index (χ0n) is 9.31. The van der Waals surface area contributed by atoms with E-state index >= 15 is 0 Å². The number of nitrogens with one attached hydrogen (secondary N) is 2. The summed E-state index contributed by atoms with van der Waals surface area (Å²) in [5.41, 5.74) is 7.97. The van der Waals surface area contributed by atoms with E-state index in [2.05, 4.69) is 20.3 Å². The van der Waals surface area contributed by atoms with Crippen LogP contribution in [0.25, 0.3) is 11.0 Å². The molecule has 0 bridgehead atoms. The van der Waals surface area contributed by atoms with Crippen molar-refractivity contribution in [2.24, 2.45) is 0 Å². The zero-order chi connectivity index (χ0) is 12.5. The zero-order valence-corrected chi connectivity index (χ0v) is 10.1. The van der Waals surface area contributed by atoms with Crippen molar-refractivity contribution < 1.29 is 0 Å². The van der Waals surface area contributed by atoms with Crippen molar-refractivity contribution in [1.82, 2.24) is 15.0 Å². The quantitative estimate of drug-likeness (QED) is 0.488. The van der Waals surface area contributed by atoms with Crippen LogP contribution >= 0.6 is 11.6 Å². The van der Waals surface area contributed by atoms with Gasteiger partial charge in [-0.05, 0) is 35.9 Å². The van der Waals surface area contributed by atoms with E-state index in [1.807, 2.05) is 30.3 Å². The number of rotatable bonds is 2. The van der Waals surface area contributed by atoms with E-state index in [-0.39, 0.29) is 5.28 Å². The maximum absolute atomic E-state index is 5.87. The van der Waals surface area contributed by atoms with Crippen LogP contribution in [0.3, 0.4) is 0 Å². The molecule has 0 radical (unpaired) electrons. The van der Waals surface area contributed by atoms with E-state index < -0.39 is 0 Å². The molecule has 0 unspecified atom stereocenters. The van der Waals surface area contributed by atoms with E-state index in [4.69, 9.17) is 17.3 Å². The summed E-state index contributed by atoms with van der Waals surface area (Å²) < 4.78 is 0. The predicted molar refractivity (Wildman–Crippen MR) is 73.0 cm³/mol. The van der Waals surface area contributed by atoms with Crippen LogP contribution < -0.4 is 11.1 Å². The Morgan fingerprint density at radius 3 is 2.94 bits per heavy atom. The average molecular weight is 260 g/mol. The summed E-state index contributed by atoms with van der Waals surface area (Å²) in [4.78, 5) is 11.3. The molecule has 90 valence electrons. The maximum Gasteiger partial charge on any atom is 0.226 e. The van der Waals surface area contributed by atoms with Crippen LogP contribution in [0.1, 0.15) is 0 Å². The monoisotopic (exact) mass is 259 g/mol. The Morgan fingerprint density at radius 2 is 2.11 bits per heavy atom. The summed E-state index contributed by atoms with van der Waals surface area (Å²) >= 11 is 5.87. The first-order valence-electron chi connectivity index (χ1n) is 5.35. The number of benzene rings is 1. The van der Waals surface area contributed by atoms with E-state index in [9.17, 15) is 0 Å². The van der Waals surface area contributed by atoms with Crippen molar-refractivity contribution in [2.45, 2.75) is 0 Å². The second-order valence-corrected chi connectivity index (χ2v) is 4.17. The summed E-state index contributed by atoms with van der Waals surface area (Å²) in [5.74, 6) is 0.650. The first kappa shape index (κ1) is 10.9. The molecule has 0 aliphatic rings. The largest absolute Gasteiger partial charge is 0.399 e. The van der Waals surface area contributed by atoms with Crippen LogP contribution in [0.15, 0.2) is 36.5 Å². The number of nitrogen functional groups attached to an aromatic ring is 1. The van der Waals surface area contributed by atoms with Crippen LogP contribution in [-0.2, 0) is 0 Å². The smallest absolute Gasteiger partial charge is 0.226 e. The third-order valence-corrected chi connectivity index (χ3v) is 2.71. The topological polar surface area (TPSA) is 79.6 Å². The second kappa shape index (κ2) is 4.19. The van der Waals surface area contributed by atoms with Gasteiger partial charge in [0.2, 0.25) is 5.28 Å². The molecule has 0 saturated heterocycles. The van der Waals surface area contributed by atoms with Crippen LogP contribution in [-0.4, -0.2) is 15.0 Å². The highest BCUT2D eigenvalue weighted by molar-refractivity contribution is 6.28. The summed E-state index contributed by atoms with van der Waals surface area (Å²) in [7, 11) is 0. The lowest BCUT2D eigenvalue weighted by atomic mass is 10.2. The Morgan fingerprint density at radius 1 is 1.22 bits per heavy atom. The molecule has 0 aliphatic heterocycles. The molecule has 3 aromatic rings. The van der Waals surface area contributed by atoms with Gasteiger partial charge >= 0.3 is 0 Å². The number of nitrogens with zero attached hydrogens (tertiary/aromatic N) is 2. The van der Waals surface area contributed by atoms with Gasteiger partial charge in [-0.25, -0.2) is 0 Å². The third-order valence-electron chi connectivity index (χ3n) is 2.54. The number of nitrogens with two attached hydrogens (primary N) is 1. The van der Waals surface area contributed by atoms with Crippen LogP contribution in [0.4, 0.5) is 17.2 Å². The second-order valence-electron chi connectivity index (χ2n) is 3.83. The first-order valence-corrected chi connectivity index (χ1v) is 5.73. The molecule has 0 atom stereocenters. The molecule has 0 amide bonds. The Bertz CT molecular complexity index is 707.